The van der Waals surface area contributed by atoms with Crippen LogP contribution in [-0.4, -0.2) is 43.5 Å². The molecule has 2 heterocycles. The molecule has 0 radical (unpaired) electrons. The van der Waals surface area contributed by atoms with Gasteiger partial charge in [0.25, 0.3) is 0 Å². The van der Waals surface area contributed by atoms with Crippen LogP contribution in [0.2, 0.25) is 0 Å². The Bertz CT molecular complexity index is 597. The summed E-state index contributed by atoms with van der Waals surface area (Å²) in [4.78, 5) is 11.8. The first-order valence-corrected chi connectivity index (χ1v) is 7.58. The molecule has 0 unspecified atom stereocenters. The van der Waals surface area contributed by atoms with Crippen molar-refractivity contribution in [1.82, 2.24) is 8.87 Å². The molecule has 1 saturated heterocycles. The molecule has 1 aliphatic heterocycles. The molecule has 19 heavy (non-hydrogen) atoms. The van der Waals surface area contributed by atoms with E-state index in [9.17, 15) is 13.2 Å². The second-order valence-corrected chi connectivity index (χ2v) is 6.55. The van der Waals surface area contributed by atoms with Crippen LogP contribution >= 0.6 is 0 Å². The zero-order valence-corrected chi connectivity index (χ0v) is 12.2. The SMILES string of the molecule is COC(=O)c1cc(S(=O)(=O)N2CCCC2)c(C)n1C. The van der Waals surface area contributed by atoms with E-state index in [1.807, 2.05) is 0 Å². The van der Waals surface area contributed by atoms with Crippen LogP contribution in [0.15, 0.2) is 11.0 Å². The maximum Gasteiger partial charge on any atom is 0.354 e. The van der Waals surface area contributed by atoms with Crippen molar-refractivity contribution >= 4 is 16.0 Å². The minimum Gasteiger partial charge on any atom is -0.464 e. The van der Waals surface area contributed by atoms with Gasteiger partial charge in [0, 0.05) is 25.8 Å². The summed E-state index contributed by atoms with van der Waals surface area (Å²) in [5, 5.41) is 0. The molecule has 0 amide bonds. The van der Waals surface area contributed by atoms with E-state index in [-0.39, 0.29) is 10.6 Å². The highest BCUT2D eigenvalue weighted by molar-refractivity contribution is 7.89. The average molecular weight is 286 g/mol. The molecule has 1 aliphatic rings. The third-order valence-corrected chi connectivity index (χ3v) is 5.58. The van der Waals surface area contributed by atoms with Crippen molar-refractivity contribution in [3.8, 4) is 0 Å². The minimum atomic E-state index is -3.51. The highest BCUT2D eigenvalue weighted by atomic mass is 32.2. The first kappa shape index (κ1) is 14.1. The van der Waals surface area contributed by atoms with Crippen molar-refractivity contribution in [2.75, 3.05) is 20.2 Å². The summed E-state index contributed by atoms with van der Waals surface area (Å²) < 4.78 is 32.7. The molecule has 0 atom stereocenters. The van der Waals surface area contributed by atoms with Gasteiger partial charge in [0.2, 0.25) is 10.0 Å². The maximum absolute atomic E-state index is 12.5. The smallest absolute Gasteiger partial charge is 0.354 e. The summed E-state index contributed by atoms with van der Waals surface area (Å²) in [6.07, 6.45) is 1.77. The van der Waals surface area contributed by atoms with Gasteiger partial charge in [-0.3, -0.25) is 0 Å². The predicted octanol–water partition coefficient (Wildman–Crippen LogP) is 0.905. The Morgan fingerprint density at radius 3 is 2.42 bits per heavy atom. The fraction of sp³-hybridized carbons (Fsp3) is 0.583. The van der Waals surface area contributed by atoms with Crippen LogP contribution in [0.4, 0.5) is 0 Å². The fourth-order valence-electron chi connectivity index (χ4n) is 2.30. The lowest BCUT2D eigenvalue weighted by Crippen LogP contribution is -2.28. The number of sulfonamides is 1. The van der Waals surface area contributed by atoms with Crippen molar-refractivity contribution < 1.29 is 17.9 Å². The second-order valence-electron chi connectivity index (χ2n) is 4.64. The van der Waals surface area contributed by atoms with Gasteiger partial charge in [-0.1, -0.05) is 0 Å². The zero-order chi connectivity index (χ0) is 14.2. The van der Waals surface area contributed by atoms with Gasteiger partial charge < -0.3 is 9.30 Å². The van der Waals surface area contributed by atoms with Gasteiger partial charge in [-0.25, -0.2) is 13.2 Å². The lowest BCUT2D eigenvalue weighted by Gasteiger charge is -2.15. The number of ether oxygens (including phenoxy) is 1. The number of nitrogens with zero attached hydrogens (tertiary/aromatic N) is 2. The summed E-state index contributed by atoms with van der Waals surface area (Å²) in [6, 6.07) is 1.40. The molecule has 0 aromatic carbocycles. The number of esters is 1. The minimum absolute atomic E-state index is 0.192. The molecule has 0 bridgehead atoms. The van der Waals surface area contributed by atoms with Gasteiger partial charge in [-0.15, -0.1) is 0 Å². The van der Waals surface area contributed by atoms with Gasteiger partial charge in [0.05, 0.1) is 7.11 Å². The van der Waals surface area contributed by atoms with E-state index in [0.717, 1.165) is 12.8 Å². The molecule has 6 nitrogen and oxygen atoms in total. The van der Waals surface area contributed by atoms with Gasteiger partial charge in [-0.2, -0.15) is 4.31 Å². The molecule has 1 fully saturated rings. The molecule has 0 saturated carbocycles. The van der Waals surface area contributed by atoms with Crippen LogP contribution in [0.25, 0.3) is 0 Å². The monoisotopic (exact) mass is 286 g/mol. The Balaban J connectivity index is 2.48. The van der Waals surface area contributed by atoms with E-state index in [1.165, 1.54) is 17.5 Å². The van der Waals surface area contributed by atoms with Gasteiger partial charge >= 0.3 is 5.97 Å². The Morgan fingerprint density at radius 1 is 1.32 bits per heavy atom. The molecule has 0 spiro atoms. The second kappa shape index (κ2) is 4.97. The molecule has 1 aromatic heterocycles. The van der Waals surface area contributed by atoms with Crippen molar-refractivity contribution in [2.24, 2.45) is 7.05 Å². The average Bonchev–Trinajstić information content (AvgIpc) is 2.99. The highest BCUT2D eigenvalue weighted by Gasteiger charge is 2.31. The number of carbonyl (C=O) groups is 1. The van der Waals surface area contributed by atoms with Crippen molar-refractivity contribution in [3.05, 3.63) is 17.5 Å². The van der Waals surface area contributed by atoms with E-state index in [0.29, 0.717) is 18.8 Å². The maximum atomic E-state index is 12.5. The number of rotatable bonds is 3. The Labute approximate surface area is 113 Å². The van der Waals surface area contributed by atoms with Crippen LogP contribution in [-0.2, 0) is 21.8 Å². The first-order valence-electron chi connectivity index (χ1n) is 6.14. The lowest BCUT2D eigenvalue weighted by molar-refractivity contribution is 0.0589. The van der Waals surface area contributed by atoms with Crippen LogP contribution in [0.5, 0.6) is 0 Å². The summed E-state index contributed by atoms with van der Waals surface area (Å²) in [6.45, 7) is 2.78. The summed E-state index contributed by atoms with van der Waals surface area (Å²) in [7, 11) is -0.574. The van der Waals surface area contributed by atoms with E-state index < -0.39 is 16.0 Å². The van der Waals surface area contributed by atoms with Crippen LogP contribution < -0.4 is 0 Å². The number of hydrogen-bond donors (Lipinski definition) is 0. The van der Waals surface area contributed by atoms with Crippen molar-refractivity contribution in [1.29, 1.82) is 0 Å². The van der Waals surface area contributed by atoms with Gasteiger partial charge in [-0.05, 0) is 25.8 Å². The lowest BCUT2D eigenvalue weighted by atomic mass is 10.4. The summed E-state index contributed by atoms with van der Waals surface area (Å²) in [5.41, 5.74) is 0.796. The van der Waals surface area contributed by atoms with E-state index in [2.05, 4.69) is 4.74 Å². The van der Waals surface area contributed by atoms with Gasteiger partial charge in [0.15, 0.2) is 0 Å². The van der Waals surface area contributed by atoms with E-state index in [4.69, 9.17) is 0 Å². The largest absolute Gasteiger partial charge is 0.464 e. The fourth-order valence-corrected chi connectivity index (χ4v) is 4.09. The molecule has 0 N–H and O–H groups in total. The number of aromatic nitrogens is 1. The van der Waals surface area contributed by atoms with E-state index in [1.54, 1.807) is 18.5 Å². The third-order valence-electron chi connectivity index (χ3n) is 3.57. The first-order chi connectivity index (χ1) is 8.89. The predicted molar refractivity (Wildman–Crippen MR) is 69.5 cm³/mol. The summed E-state index contributed by atoms with van der Waals surface area (Å²) >= 11 is 0. The van der Waals surface area contributed by atoms with Crippen molar-refractivity contribution in [2.45, 2.75) is 24.7 Å². The Kier molecular flexibility index (Phi) is 3.69. The topological polar surface area (TPSA) is 68.6 Å². The molecule has 106 valence electrons. The molecule has 0 aliphatic carbocycles. The third kappa shape index (κ3) is 2.28. The Hall–Kier alpha value is -1.34. The summed E-state index contributed by atoms with van der Waals surface area (Å²) in [5.74, 6) is -0.534. The van der Waals surface area contributed by atoms with Gasteiger partial charge in [0.1, 0.15) is 10.6 Å². The zero-order valence-electron chi connectivity index (χ0n) is 11.3. The number of methoxy groups -OCH3 is 1. The molecular formula is C12H18N2O4S. The molecular weight excluding hydrogens is 268 g/mol. The van der Waals surface area contributed by atoms with Crippen LogP contribution in [0, 0.1) is 6.92 Å². The molecule has 2 rings (SSSR count). The number of carbonyl (C=O) groups excluding carboxylic acids is 1. The number of hydrogen-bond acceptors (Lipinski definition) is 4. The van der Waals surface area contributed by atoms with Crippen LogP contribution in [0.3, 0.4) is 0 Å². The quantitative estimate of drug-likeness (QED) is 0.774. The molecule has 7 heteroatoms. The van der Waals surface area contributed by atoms with E-state index >= 15 is 0 Å². The normalized spacial score (nSPS) is 16.8. The highest BCUT2D eigenvalue weighted by Crippen LogP contribution is 2.26. The van der Waals surface area contributed by atoms with Crippen LogP contribution in [0.1, 0.15) is 29.0 Å². The Morgan fingerprint density at radius 2 is 1.89 bits per heavy atom. The standard InChI is InChI=1S/C12H18N2O4S/c1-9-11(8-10(13(9)2)12(15)18-3)19(16,17)14-6-4-5-7-14/h8H,4-7H2,1-3H3. The van der Waals surface area contributed by atoms with Crippen molar-refractivity contribution in [3.63, 3.8) is 0 Å². The molecule has 1 aromatic rings.